The molecule has 3 heterocycles. The number of carbonyl (C=O) groups excluding carboxylic acids is 2. The van der Waals surface area contributed by atoms with Crippen LogP contribution in [0.5, 0.6) is 0 Å². The first-order valence-electron chi connectivity index (χ1n) is 11.3. The van der Waals surface area contributed by atoms with E-state index in [1.165, 1.54) is 0 Å². The molecule has 1 saturated carbocycles. The maximum absolute atomic E-state index is 13.6. The fraction of sp³-hybridized carbons (Fsp3) is 0.417. The molecule has 2 fully saturated rings. The fourth-order valence-electron chi connectivity index (χ4n) is 5.36. The van der Waals surface area contributed by atoms with E-state index >= 15 is 0 Å². The van der Waals surface area contributed by atoms with Gasteiger partial charge in [0.1, 0.15) is 23.6 Å². The van der Waals surface area contributed by atoms with Gasteiger partial charge in [-0.1, -0.05) is 42.3 Å². The largest absolute Gasteiger partial charge is 0.387 e. The SMILES string of the molecule is CC(O)c1nn(CC(=O)N2C3CCC[C@H]3C[C@H]2C(=O)Nc2cccc(Cl)n2)c2ccccc12. The maximum atomic E-state index is 13.6. The average molecular weight is 468 g/mol. The number of aliphatic hydroxyl groups excluding tert-OH is 1. The van der Waals surface area contributed by atoms with Gasteiger partial charge in [0.05, 0.1) is 17.3 Å². The van der Waals surface area contributed by atoms with Crippen LogP contribution in [0, 0.1) is 5.92 Å². The number of likely N-dealkylation sites (tertiary alicyclic amines) is 1. The lowest BCUT2D eigenvalue weighted by Gasteiger charge is -2.29. The van der Waals surface area contributed by atoms with E-state index in [-0.39, 0.29) is 24.4 Å². The summed E-state index contributed by atoms with van der Waals surface area (Å²) in [6, 6.07) is 12.1. The van der Waals surface area contributed by atoms with Gasteiger partial charge in [0, 0.05) is 11.4 Å². The summed E-state index contributed by atoms with van der Waals surface area (Å²) in [5.74, 6) is 0.299. The lowest BCUT2D eigenvalue weighted by molar-refractivity contribution is -0.139. The second-order valence-corrected chi connectivity index (χ2v) is 9.27. The summed E-state index contributed by atoms with van der Waals surface area (Å²) in [6.07, 6.45) is 2.86. The first-order chi connectivity index (χ1) is 15.9. The van der Waals surface area contributed by atoms with Crippen molar-refractivity contribution < 1.29 is 14.7 Å². The Balaban J connectivity index is 1.41. The van der Waals surface area contributed by atoms with E-state index < -0.39 is 12.1 Å². The maximum Gasteiger partial charge on any atom is 0.248 e. The second kappa shape index (κ2) is 8.76. The molecule has 33 heavy (non-hydrogen) atoms. The molecule has 8 nitrogen and oxygen atoms in total. The summed E-state index contributed by atoms with van der Waals surface area (Å²) in [5, 5.41) is 18.6. The molecule has 3 aromatic rings. The van der Waals surface area contributed by atoms with Crippen LogP contribution in [0.15, 0.2) is 42.5 Å². The van der Waals surface area contributed by atoms with E-state index in [9.17, 15) is 14.7 Å². The number of amides is 2. The third-order valence-electron chi connectivity index (χ3n) is 6.76. The molecular formula is C24H26ClN5O3. The Morgan fingerprint density at radius 1 is 1.21 bits per heavy atom. The Labute approximate surface area is 196 Å². The average Bonchev–Trinajstić information content (AvgIpc) is 3.47. The number of nitrogens with zero attached hydrogens (tertiary/aromatic N) is 4. The number of aliphatic hydroxyl groups is 1. The van der Waals surface area contributed by atoms with Crippen LogP contribution in [0.1, 0.15) is 44.4 Å². The van der Waals surface area contributed by atoms with Gasteiger partial charge in [-0.15, -0.1) is 0 Å². The van der Waals surface area contributed by atoms with Gasteiger partial charge in [-0.05, 0) is 50.3 Å². The van der Waals surface area contributed by atoms with Crippen molar-refractivity contribution in [2.24, 2.45) is 5.92 Å². The highest BCUT2D eigenvalue weighted by Gasteiger charge is 2.48. The Kier molecular flexibility index (Phi) is 5.80. The van der Waals surface area contributed by atoms with Gasteiger partial charge in [0.15, 0.2) is 0 Å². The van der Waals surface area contributed by atoms with Crippen LogP contribution in [0.3, 0.4) is 0 Å². The fourth-order valence-corrected chi connectivity index (χ4v) is 5.53. The third-order valence-corrected chi connectivity index (χ3v) is 6.97. The number of halogens is 1. The second-order valence-electron chi connectivity index (χ2n) is 8.88. The number of benzene rings is 1. The van der Waals surface area contributed by atoms with Gasteiger partial charge >= 0.3 is 0 Å². The Bertz CT molecular complexity index is 1210. The number of rotatable bonds is 5. The highest BCUT2D eigenvalue weighted by molar-refractivity contribution is 6.29. The first-order valence-corrected chi connectivity index (χ1v) is 11.7. The highest BCUT2D eigenvalue weighted by atomic mass is 35.5. The summed E-state index contributed by atoms with van der Waals surface area (Å²) in [5.41, 5.74) is 1.33. The number of para-hydroxylation sites is 1. The number of anilines is 1. The minimum atomic E-state index is -0.749. The summed E-state index contributed by atoms with van der Waals surface area (Å²) in [4.78, 5) is 32.7. The van der Waals surface area contributed by atoms with Crippen molar-refractivity contribution in [3.05, 3.63) is 53.3 Å². The molecule has 172 valence electrons. The molecular weight excluding hydrogens is 442 g/mol. The number of nitrogens with one attached hydrogen (secondary N) is 1. The van der Waals surface area contributed by atoms with Crippen LogP contribution in [0.2, 0.25) is 5.15 Å². The Morgan fingerprint density at radius 3 is 2.82 bits per heavy atom. The molecule has 2 amide bonds. The van der Waals surface area contributed by atoms with E-state index in [0.717, 1.165) is 30.2 Å². The van der Waals surface area contributed by atoms with Gasteiger partial charge < -0.3 is 15.3 Å². The summed E-state index contributed by atoms with van der Waals surface area (Å²) < 4.78 is 1.63. The third kappa shape index (κ3) is 4.09. The normalized spacial score (nSPS) is 23.0. The number of pyridine rings is 1. The van der Waals surface area contributed by atoms with Gasteiger partial charge in [0.2, 0.25) is 11.8 Å². The predicted octanol–water partition coefficient (Wildman–Crippen LogP) is 3.55. The van der Waals surface area contributed by atoms with Gasteiger partial charge in [0.25, 0.3) is 0 Å². The molecule has 2 aromatic heterocycles. The number of fused-ring (bicyclic) bond motifs is 2. The van der Waals surface area contributed by atoms with Crippen LogP contribution in [-0.2, 0) is 16.1 Å². The minimum Gasteiger partial charge on any atom is -0.387 e. The van der Waals surface area contributed by atoms with Gasteiger partial charge in [-0.2, -0.15) is 5.10 Å². The summed E-state index contributed by atoms with van der Waals surface area (Å²) >= 11 is 5.95. The predicted molar refractivity (Wildman–Crippen MR) is 125 cm³/mol. The minimum absolute atomic E-state index is 0.00957. The molecule has 0 radical (unpaired) electrons. The molecule has 0 bridgehead atoms. The van der Waals surface area contributed by atoms with Crippen molar-refractivity contribution >= 4 is 40.1 Å². The lowest BCUT2D eigenvalue weighted by Crippen LogP contribution is -2.48. The number of hydrogen-bond donors (Lipinski definition) is 2. The molecule has 1 aliphatic heterocycles. The van der Waals surface area contributed by atoms with Crippen molar-refractivity contribution in [1.82, 2.24) is 19.7 Å². The van der Waals surface area contributed by atoms with E-state index in [0.29, 0.717) is 29.0 Å². The molecule has 0 spiro atoms. The van der Waals surface area contributed by atoms with E-state index in [1.54, 1.807) is 34.7 Å². The van der Waals surface area contributed by atoms with Crippen molar-refractivity contribution in [2.45, 2.75) is 57.3 Å². The molecule has 1 saturated heterocycles. The summed E-state index contributed by atoms with van der Waals surface area (Å²) in [6.45, 7) is 1.67. The van der Waals surface area contributed by atoms with E-state index in [2.05, 4.69) is 15.4 Å². The molecule has 2 unspecified atom stereocenters. The zero-order chi connectivity index (χ0) is 23.1. The molecule has 5 rings (SSSR count). The van der Waals surface area contributed by atoms with E-state index in [1.807, 2.05) is 24.3 Å². The van der Waals surface area contributed by atoms with Crippen LogP contribution >= 0.6 is 11.6 Å². The zero-order valence-corrected chi connectivity index (χ0v) is 19.1. The standard InChI is InChI=1S/C24H26ClN5O3/c1-14(31)23-16-7-2-3-8-18(16)29(28-23)13-22(32)30-17-9-4-6-15(17)12-19(30)24(33)27-21-11-5-10-20(25)26-21/h2-3,5,7-8,10-11,14-15,17,19,31H,4,6,9,12-13H2,1H3,(H,26,27,33)/t14?,15-,17?,19-/m0/s1. The Hall–Kier alpha value is -2.97. The zero-order valence-electron chi connectivity index (χ0n) is 18.3. The molecule has 9 heteroatoms. The molecule has 1 aliphatic carbocycles. The molecule has 1 aromatic carbocycles. The molecule has 2 aliphatic rings. The molecule has 2 N–H and O–H groups in total. The van der Waals surface area contributed by atoms with Crippen LogP contribution in [-0.4, -0.2) is 48.7 Å². The number of carbonyl (C=O) groups is 2. The van der Waals surface area contributed by atoms with Gasteiger partial charge in [-0.3, -0.25) is 14.3 Å². The van der Waals surface area contributed by atoms with Crippen LogP contribution < -0.4 is 5.32 Å². The van der Waals surface area contributed by atoms with Crippen molar-refractivity contribution in [2.75, 3.05) is 5.32 Å². The Morgan fingerprint density at radius 2 is 2.03 bits per heavy atom. The highest BCUT2D eigenvalue weighted by Crippen LogP contribution is 2.41. The number of hydrogen-bond acceptors (Lipinski definition) is 5. The van der Waals surface area contributed by atoms with Gasteiger partial charge in [-0.25, -0.2) is 4.98 Å². The van der Waals surface area contributed by atoms with Crippen LogP contribution in [0.4, 0.5) is 5.82 Å². The van der Waals surface area contributed by atoms with Crippen molar-refractivity contribution in [3.8, 4) is 0 Å². The topological polar surface area (TPSA) is 100 Å². The summed E-state index contributed by atoms with van der Waals surface area (Å²) in [7, 11) is 0. The van der Waals surface area contributed by atoms with E-state index in [4.69, 9.17) is 11.6 Å². The van der Waals surface area contributed by atoms with Crippen molar-refractivity contribution in [1.29, 1.82) is 0 Å². The first kappa shape index (κ1) is 21.9. The van der Waals surface area contributed by atoms with Crippen LogP contribution in [0.25, 0.3) is 10.9 Å². The quantitative estimate of drug-likeness (QED) is 0.559. The monoisotopic (exact) mass is 467 g/mol. The lowest BCUT2D eigenvalue weighted by atomic mass is 10.0. The van der Waals surface area contributed by atoms with Crippen molar-refractivity contribution in [3.63, 3.8) is 0 Å². The smallest absolute Gasteiger partial charge is 0.248 e. The molecule has 4 atom stereocenters. The number of aromatic nitrogens is 3.